The van der Waals surface area contributed by atoms with Gasteiger partial charge in [0, 0.05) is 0 Å². The number of rotatable bonds is 0. The van der Waals surface area contributed by atoms with Crippen molar-refractivity contribution in [1.82, 2.24) is 0 Å². The zero-order valence-corrected chi connectivity index (χ0v) is 11.6. The van der Waals surface area contributed by atoms with Crippen molar-refractivity contribution >= 4 is 38.6 Å². The molecule has 0 aliphatic carbocycles. The van der Waals surface area contributed by atoms with Gasteiger partial charge in [0.2, 0.25) is 0 Å². The van der Waals surface area contributed by atoms with Crippen molar-refractivity contribution < 1.29 is 0 Å². The molecule has 1 aliphatic rings. The van der Waals surface area contributed by atoms with E-state index < -0.39 is 0 Å². The quantitative estimate of drug-likeness (QED) is 0.311. The average molecular weight is 309 g/mol. The van der Waals surface area contributed by atoms with Crippen LogP contribution in [0.2, 0.25) is 0 Å². The molecule has 0 aromatic carbocycles. The molecule has 0 saturated heterocycles. The van der Waals surface area contributed by atoms with E-state index in [2.05, 4.69) is 44.0 Å². The Balaban J connectivity index is 0.000000424. The molecule has 13 heavy (non-hydrogen) atoms. The van der Waals surface area contributed by atoms with Crippen LogP contribution in [-0.4, -0.2) is 9.09 Å². The number of thiocarbonyl (C=S) groups is 1. The van der Waals surface area contributed by atoms with E-state index in [9.17, 15) is 0 Å². The Morgan fingerprint density at radius 3 is 2.31 bits per heavy atom. The van der Waals surface area contributed by atoms with E-state index >= 15 is 0 Å². The number of alkyl halides is 1. The van der Waals surface area contributed by atoms with Crippen molar-refractivity contribution in [2.24, 2.45) is 0 Å². The molecule has 1 heterocycles. The Bertz CT molecular complexity index is 273. The van der Waals surface area contributed by atoms with Crippen molar-refractivity contribution in [3.8, 4) is 0 Å². The Hall–Kier alpha value is 0.01000. The second-order valence-corrected chi connectivity index (χ2v) is 6.66. The summed E-state index contributed by atoms with van der Waals surface area (Å²) < 4.78 is 3.37. The summed E-state index contributed by atoms with van der Waals surface area (Å²) in [6.45, 7) is 9.10. The van der Waals surface area contributed by atoms with E-state index in [4.69, 9.17) is 5.41 Å². The van der Waals surface area contributed by atoms with Crippen LogP contribution < -0.4 is 0 Å². The summed E-state index contributed by atoms with van der Waals surface area (Å²) in [5.41, 5.74) is 4.68. The van der Waals surface area contributed by atoms with Gasteiger partial charge in [0.1, 0.15) is 0 Å². The van der Waals surface area contributed by atoms with Gasteiger partial charge < -0.3 is 0 Å². The van der Waals surface area contributed by atoms with E-state index in [1.165, 1.54) is 11.1 Å². The molecule has 1 rings (SSSR count). The maximum Gasteiger partial charge on any atom is 0.0554 e. The molecule has 0 bridgehead atoms. The van der Waals surface area contributed by atoms with E-state index in [-0.39, 0.29) is 21.2 Å². The smallest absolute Gasteiger partial charge is 0.0554 e. The minimum Gasteiger partial charge on any atom is -0.248 e. The summed E-state index contributed by atoms with van der Waals surface area (Å²) >= 11 is 3.97. The van der Waals surface area contributed by atoms with E-state index in [1.54, 1.807) is 10.7 Å². The van der Waals surface area contributed by atoms with Gasteiger partial charge >= 0.3 is 73.6 Å². The van der Waals surface area contributed by atoms with E-state index in [0.29, 0.717) is 0 Å². The zero-order valence-electron chi connectivity index (χ0n) is 8.47. The fraction of sp³-hybridized carbons (Fsp3) is 0.500. The average Bonchev–Trinajstić information content (AvgIpc) is 2.10. The number of isothiocyanates is 1. The minimum absolute atomic E-state index is 0.160. The van der Waals surface area contributed by atoms with E-state index in [0.717, 1.165) is 3.92 Å². The molecule has 3 heteroatoms. The second-order valence-electron chi connectivity index (χ2n) is 2.99. The first-order valence-corrected chi connectivity index (χ1v) is 7.18. The Kier molecular flexibility index (Phi) is 6.47. The molecule has 1 N–H and O–H groups in total. The molecule has 0 amide bonds. The van der Waals surface area contributed by atoms with Crippen LogP contribution in [0, 0.1) is 5.41 Å². The Morgan fingerprint density at radius 2 is 1.92 bits per heavy atom. The number of halogens is 1. The maximum atomic E-state index is 5.77. The standard InChI is InChI=1S/C9H15I.CHNS/c1-6-5-10-9(4)8(3)7(6)2;2-1-3/h5,9-10H,1-4H3;2H. The molecule has 0 fully saturated rings. The predicted molar refractivity (Wildman–Crippen MR) is 72.3 cm³/mol. The molecule has 0 saturated carbocycles. The summed E-state index contributed by atoms with van der Waals surface area (Å²) in [4.78, 5) is 0. The van der Waals surface area contributed by atoms with Gasteiger partial charge in [0.25, 0.3) is 0 Å². The fourth-order valence-electron chi connectivity index (χ4n) is 1.01. The first-order valence-electron chi connectivity index (χ1n) is 4.08. The van der Waals surface area contributed by atoms with Gasteiger partial charge in [-0.1, -0.05) is 0 Å². The van der Waals surface area contributed by atoms with Crippen molar-refractivity contribution in [1.29, 1.82) is 5.41 Å². The normalized spacial score (nSPS) is 21.8. The van der Waals surface area contributed by atoms with Gasteiger partial charge in [-0.3, -0.25) is 0 Å². The van der Waals surface area contributed by atoms with Gasteiger partial charge in [0.05, 0.1) is 5.16 Å². The SMILES string of the molecule is CC1=C[IH]C(C)C(C)=C1C.N=C=S. The molecule has 74 valence electrons. The topological polar surface area (TPSA) is 23.9 Å². The fourth-order valence-corrected chi connectivity index (χ4v) is 3.77. The monoisotopic (exact) mass is 309 g/mol. The van der Waals surface area contributed by atoms with Gasteiger partial charge in [0.15, 0.2) is 0 Å². The third kappa shape index (κ3) is 4.16. The molecular formula is C10H16INS. The van der Waals surface area contributed by atoms with Crippen molar-refractivity contribution in [2.75, 3.05) is 0 Å². The number of nitrogens with one attached hydrogen (secondary N) is 1. The van der Waals surface area contributed by atoms with Gasteiger partial charge in [-0.05, 0) is 12.2 Å². The first-order chi connectivity index (χ1) is 6.04. The Morgan fingerprint density at radius 1 is 1.46 bits per heavy atom. The van der Waals surface area contributed by atoms with Crippen LogP contribution in [0.5, 0.6) is 0 Å². The molecule has 1 atom stereocenters. The minimum atomic E-state index is 0.160. The van der Waals surface area contributed by atoms with Crippen LogP contribution in [0.25, 0.3) is 0 Å². The summed E-state index contributed by atoms with van der Waals surface area (Å²) in [7, 11) is 0. The van der Waals surface area contributed by atoms with E-state index in [1.807, 2.05) is 0 Å². The molecule has 0 aromatic rings. The summed E-state index contributed by atoms with van der Waals surface area (Å²) in [5, 5.41) is 7.36. The van der Waals surface area contributed by atoms with Crippen LogP contribution in [0.4, 0.5) is 0 Å². The third-order valence-corrected chi connectivity index (χ3v) is 5.81. The molecule has 0 aromatic heterocycles. The first kappa shape index (κ1) is 13.0. The van der Waals surface area contributed by atoms with Gasteiger partial charge in [-0.25, -0.2) is 5.41 Å². The van der Waals surface area contributed by atoms with Crippen LogP contribution in [0.1, 0.15) is 27.7 Å². The van der Waals surface area contributed by atoms with Crippen LogP contribution >= 0.6 is 33.4 Å². The summed E-state index contributed by atoms with van der Waals surface area (Å²) in [6, 6.07) is 0. The van der Waals surface area contributed by atoms with Crippen molar-refractivity contribution in [3.63, 3.8) is 0 Å². The molecule has 1 unspecified atom stereocenters. The summed E-state index contributed by atoms with van der Waals surface area (Å²) in [6.07, 6.45) is 0. The molecule has 1 aliphatic heterocycles. The number of allylic oxidation sites excluding steroid dienone is 3. The van der Waals surface area contributed by atoms with Crippen LogP contribution in [-0.2, 0) is 0 Å². The third-order valence-electron chi connectivity index (χ3n) is 2.24. The molecule has 0 spiro atoms. The number of hydrogen-bond acceptors (Lipinski definition) is 2. The molecular weight excluding hydrogens is 293 g/mol. The summed E-state index contributed by atoms with van der Waals surface area (Å²) in [5.74, 6) is 0. The van der Waals surface area contributed by atoms with Crippen molar-refractivity contribution in [3.05, 3.63) is 20.8 Å². The molecule has 0 radical (unpaired) electrons. The Labute approximate surface area is 96.1 Å². The maximum absolute atomic E-state index is 5.77. The largest absolute Gasteiger partial charge is 0.248 e. The zero-order chi connectivity index (χ0) is 10.4. The molecule has 1 nitrogen and oxygen atoms in total. The van der Waals surface area contributed by atoms with Gasteiger partial charge in [-0.15, -0.1) is 0 Å². The number of hydrogen-bond donors (Lipinski definition) is 1. The second kappa shape index (κ2) is 6.46. The van der Waals surface area contributed by atoms with Crippen LogP contribution in [0.15, 0.2) is 20.8 Å². The van der Waals surface area contributed by atoms with Crippen molar-refractivity contribution in [2.45, 2.75) is 31.6 Å². The van der Waals surface area contributed by atoms with Crippen LogP contribution in [0.3, 0.4) is 0 Å². The predicted octanol–water partition coefficient (Wildman–Crippen LogP) is 4.00. The van der Waals surface area contributed by atoms with Gasteiger partial charge in [-0.2, -0.15) is 0 Å².